The summed E-state index contributed by atoms with van der Waals surface area (Å²) in [4.78, 5) is 0. The molecule has 2 rings (SSSR count). The topological polar surface area (TPSA) is 15.3 Å². The Bertz CT molecular complexity index is 339. The molecule has 0 amide bonds. The Labute approximate surface area is 111 Å². The fourth-order valence-electron chi connectivity index (χ4n) is 2.63. The normalized spacial score (nSPS) is 18.8. The van der Waals surface area contributed by atoms with E-state index in [1.807, 2.05) is 0 Å². The molecule has 0 aliphatic carbocycles. The second-order valence-corrected chi connectivity index (χ2v) is 5.23. The van der Waals surface area contributed by atoms with E-state index in [0.29, 0.717) is 6.04 Å². The van der Waals surface area contributed by atoms with Gasteiger partial charge in [0.1, 0.15) is 0 Å². The Hall–Kier alpha value is -0.860. The van der Waals surface area contributed by atoms with Crippen molar-refractivity contribution in [2.24, 2.45) is 0 Å². The summed E-state index contributed by atoms with van der Waals surface area (Å²) in [5.41, 5.74) is 6.53. The van der Waals surface area contributed by atoms with E-state index in [2.05, 4.69) is 48.5 Å². The first-order valence-electron chi connectivity index (χ1n) is 7.43. The summed E-state index contributed by atoms with van der Waals surface area (Å²) in [6.07, 6.45) is 6.31. The minimum Gasteiger partial charge on any atom is -0.248 e. The number of piperidine rings is 1. The van der Waals surface area contributed by atoms with Crippen LogP contribution in [-0.2, 0) is 6.42 Å². The summed E-state index contributed by atoms with van der Waals surface area (Å²) in [6.45, 7) is 6.86. The van der Waals surface area contributed by atoms with Gasteiger partial charge in [0.25, 0.3) is 0 Å². The van der Waals surface area contributed by atoms with Crippen LogP contribution in [0.4, 0.5) is 0 Å². The van der Waals surface area contributed by atoms with E-state index in [1.54, 1.807) is 0 Å². The van der Waals surface area contributed by atoms with Crippen molar-refractivity contribution >= 4 is 0 Å². The van der Waals surface area contributed by atoms with Crippen molar-refractivity contribution in [3.63, 3.8) is 0 Å². The highest BCUT2D eigenvalue weighted by Gasteiger charge is 2.15. The number of nitrogens with one attached hydrogen (secondary N) is 1. The third kappa shape index (κ3) is 3.56. The molecule has 1 aromatic carbocycles. The number of hydrazine groups is 1. The standard InChI is InChI=1S/C16H26N2/c1-3-14-8-10-15(11-9-14)16(4-2)17-18-12-6-5-7-13-18/h8-11,16-17H,3-7,12-13H2,1-2H3. The Kier molecular flexibility index (Phi) is 5.21. The van der Waals surface area contributed by atoms with E-state index in [0.717, 1.165) is 12.8 Å². The Morgan fingerprint density at radius 2 is 1.72 bits per heavy atom. The van der Waals surface area contributed by atoms with Crippen molar-refractivity contribution in [3.05, 3.63) is 35.4 Å². The maximum atomic E-state index is 3.69. The predicted octanol–water partition coefficient (Wildman–Crippen LogP) is 3.69. The van der Waals surface area contributed by atoms with Crippen LogP contribution in [0.5, 0.6) is 0 Å². The van der Waals surface area contributed by atoms with Crippen LogP contribution in [0.1, 0.15) is 56.7 Å². The fourth-order valence-corrected chi connectivity index (χ4v) is 2.63. The predicted molar refractivity (Wildman–Crippen MR) is 77.4 cm³/mol. The summed E-state index contributed by atoms with van der Waals surface area (Å²) < 4.78 is 0. The lowest BCUT2D eigenvalue weighted by molar-refractivity contribution is 0.126. The molecule has 1 aromatic rings. The average Bonchev–Trinajstić information content (AvgIpc) is 2.46. The molecule has 0 aromatic heterocycles. The largest absolute Gasteiger partial charge is 0.248 e. The Morgan fingerprint density at radius 3 is 2.28 bits per heavy atom. The number of hydrogen-bond donors (Lipinski definition) is 1. The van der Waals surface area contributed by atoms with E-state index in [4.69, 9.17) is 0 Å². The molecule has 0 spiro atoms. The summed E-state index contributed by atoms with van der Waals surface area (Å²) in [5, 5.41) is 2.41. The van der Waals surface area contributed by atoms with E-state index in [-0.39, 0.29) is 0 Å². The van der Waals surface area contributed by atoms with Crippen molar-refractivity contribution < 1.29 is 0 Å². The van der Waals surface area contributed by atoms with Gasteiger partial charge >= 0.3 is 0 Å². The quantitative estimate of drug-likeness (QED) is 0.852. The number of aryl methyl sites for hydroxylation is 1. The lowest BCUT2D eigenvalue weighted by atomic mass is 10.0. The molecule has 2 nitrogen and oxygen atoms in total. The first-order valence-corrected chi connectivity index (χ1v) is 7.43. The van der Waals surface area contributed by atoms with Gasteiger partial charge in [0, 0.05) is 19.1 Å². The first kappa shape index (κ1) is 13.6. The van der Waals surface area contributed by atoms with Gasteiger partial charge in [-0.05, 0) is 36.8 Å². The zero-order valence-electron chi connectivity index (χ0n) is 11.8. The molecule has 1 aliphatic heterocycles. The van der Waals surface area contributed by atoms with Gasteiger partial charge in [-0.25, -0.2) is 10.4 Å². The van der Waals surface area contributed by atoms with Gasteiger partial charge in [-0.2, -0.15) is 0 Å². The molecular formula is C16H26N2. The Morgan fingerprint density at radius 1 is 1.06 bits per heavy atom. The van der Waals surface area contributed by atoms with Crippen molar-refractivity contribution in [3.8, 4) is 0 Å². The lowest BCUT2D eigenvalue weighted by Gasteiger charge is -2.31. The van der Waals surface area contributed by atoms with E-state index >= 15 is 0 Å². The molecule has 0 saturated carbocycles. The molecule has 2 heteroatoms. The number of rotatable bonds is 5. The molecule has 18 heavy (non-hydrogen) atoms. The van der Waals surface area contributed by atoms with Crippen molar-refractivity contribution in [2.75, 3.05) is 13.1 Å². The minimum atomic E-state index is 0.467. The smallest absolute Gasteiger partial charge is 0.0462 e. The third-order valence-corrected chi connectivity index (χ3v) is 3.89. The van der Waals surface area contributed by atoms with Crippen molar-refractivity contribution in [1.82, 2.24) is 10.4 Å². The number of benzene rings is 1. The van der Waals surface area contributed by atoms with Crippen LogP contribution in [0.15, 0.2) is 24.3 Å². The van der Waals surface area contributed by atoms with Crippen molar-refractivity contribution in [1.29, 1.82) is 0 Å². The molecule has 1 fully saturated rings. The molecule has 0 bridgehead atoms. The first-order chi connectivity index (χ1) is 8.83. The maximum absolute atomic E-state index is 3.69. The summed E-state index contributed by atoms with van der Waals surface area (Å²) in [6, 6.07) is 9.55. The lowest BCUT2D eigenvalue weighted by Crippen LogP contribution is -2.43. The van der Waals surface area contributed by atoms with Gasteiger partial charge < -0.3 is 0 Å². The van der Waals surface area contributed by atoms with Gasteiger partial charge in [-0.1, -0.05) is 44.5 Å². The van der Waals surface area contributed by atoms with Gasteiger partial charge in [0.2, 0.25) is 0 Å². The summed E-state index contributed by atoms with van der Waals surface area (Å²) in [7, 11) is 0. The number of hydrogen-bond acceptors (Lipinski definition) is 2. The molecule has 1 aliphatic rings. The molecule has 1 heterocycles. The van der Waals surface area contributed by atoms with E-state index in [1.165, 1.54) is 43.5 Å². The summed E-state index contributed by atoms with van der Waals surface area (Å²) in [5.74, 6) is 0. The average molecular weight is 246 g/mol. The summed E-state index contributed by atoms with van der Waals surface area (Å²) >= 11 is 0. The second kappa shape index (κ2) is 6.91. The number of nitrogens with zero attached hydrogens (tertiary/aromatic N) is 1. The second-order valence-electron chi connectivity index (χ2n) is 5.23. The van der Waals surface area contributed by atoms with Crippen molar-refractivity contribution in [2.45, 2.75) is 52.0 Å². The molecule has 100 valence electrons. The zero-order chi connectivity index (χ0) is 12.8. The zero-order valence-corrected chi connectivity index (χ0v) is 11.8. The van der Waals surface area contributed by atoms with Gasteiger partial charge in [0.15, 0.2) is 0 Å². The fraction of sp³-hybridized carbons (Fsp3) is 0.625. The van der Waals surface area contributed by atoms with Crippen LogP contribution in [0, 0.1) is 0 Å². The van der Waals surface area contributed by atoms with Crippen LogP contribution in [-0.4, -0.2) is 18.1 Å². The third-order valence-electron chi connectivity index (χ3n) is 3.89. The van der Waals surface area contributed by atoms with Crippen LogP contribution >= 0.6 is 0 Å². The minimum absolute atomic E-state index is 0.467. The molecule has 1 atom stereocenters. The van der Waals surface area contributed by atoms with Crippen LogP contribution < -0.4 is 5.43 Å². The monoisotopic (exact) mass is 246 g/mol. The molecule has 1 saturated heterocycles. The van der Waals surface area contributed by atoms with Crippen LogP contribution in [0.3, 0.4) is 0 Å². The van der Waals surface area contributed by atoms with Crippen LogP contribution in [0.25, 0.3) is 0 Å². The maximum Gasteiger partial charge on any atom is 0.0462 e. The van der Waals surface area contributed by atoms with Gasteiger partial charge in [-0.15, -0.1) is 0 Å². The Balaban J connectivity index is 1.97. The highest BCUT2D eigenvalue weighted by molar-refractivity contribution is 5.24. The van der Waals surface area contributed by atoms with Gasteiger partial charge in [0.05, 0.1) is 0 Å². The van der Waals surface area contributed by atoms with E-state index < -0.39 is 0 Å². The highest BCUT2D eigenvalue weighted by Crippen LogP contribution is 2.19. The van der Waals surface area contributed by atoms with Crippen LogP contribution in [0.2, 0.25) is 0 Å². The van der Waals surface area contributed by atoms with E-state index in [9.17, 15) is 0 Å². The SMILES string of the molecule is CCc1ccc(C(CC)NN2CCCCC2)cc1. The molecule has 1 unspecified atom stereocenters. The molecule has 1 N–H and O–H groups in total. The molecule has 0 radical (unpaired) electrons. The van der Waals surface area contributed by atoms with Gasteiger partial charge in [-0.3, -0.25) is 0 Å². The highest BCUT2D eigenvalue weighted by atomic mass is 15.5. The molecular weight excluding hydrogens is 220 g/mol.